The van der Waals surface area contributed by atoms with Gasteiger partial charge in [-0.25, -0.2) is 5.84 Å². The van der Waals surface area contributed by atoms with E-state index in [9.17, 15) is 4.79 Å². The first-order valence-corrected chi connectivity index (χ1v) is 5.54. The number of amides is 1. The maximum Gasteiger partial charge on any atom is 0.268 e. The minimum Gasteiger partial charge on any atom is -0.390 e. The van der Waals surface area contributed by atoms with E-state index >= 15 is 0 Å². The van der Waals surface area contributed by atoms with Gasteiger partial charge in [-0.3, -0.25) is 10.2 Å². The molecule has 0 aliphatic carbocycles. The lowest BCUT2D eigenvalue weighted by Crippen LogP contribution is -2.32. The molecule has 2 rings (SSSR count). The van der Waals surface area contributed by atoms with Crippen molar-refractivity contribution in [3.8, 4) is 0 Å². The summed E-state index contributed by atoms with van der Waals surface area (Å²) in [7, 11) is 2.06. The fourth-order valence-electron chi connectivity index (χ4n) is 1.87. The second-order valence-electron chi connectivity index (χ2n) is 3.70. The number of thiophene rings is 1. The molecule has 1 aliphatic rings. The average Bonchev–Trinajstić information content (AvgIpc) is 2.52. The second-order valence-corrected chi connectivity index (χ2v) is 4.84. The predicted molar refractivity (Wildman–Crippen MR) is 60.4 cm³/mol. The van der Waals surface area contributed by atoms with Crippen LogP contribution in [0.25, 0.3) is 0 Å². The molecule has 1 amide bonds. The van der Waals surface area contributed by atoms with Gasteiger partial charge in [0, 0.05) is 18.0 Å². The lowest BCUT2D eigenvalue weighted by molar-refractivity contribution is 0.0953. The van der Waals surface area contributed by atoms with E-state index < -0.39 is 0 Å². The Morgan fingerprint density at radius 3 is 3.00 bits per heavy atom. The highest BCUT2D eigenvalue weighted by Gasteiger charge is 2.25. The van der Waals surface area contributed by atoms with Gasteiger partial charge in [0.2, 0.25) is 0 Å². The molecule has 0 fully saturated rings. The van der Waals surface area contributed by atoms with E-state index in [1.54, 1.807) is 0 Å². The van der Waals surface area contributed by atoms with Gasteiger partial charge in [0.05, 0.1) is 10.6 Å². The van der Waals surface area contributed by atoms with Crippen molar-refractivity contribution in [2.75, 3.05) is 19.3 Å². The van der Waals surface area contributed by atoms with Gasteiger partial charge >= 0.3 is 0 Å². The lowest BCUT2D eigenvalue weighted by Gasteiger charge is -2.22. The summed E-state index contributed by atoms with van der Waals surface area (Å²) in [6.07, 6.45) is 0.863. The average molecular weight is 226 g/mol. The summed E-state index contributed by atoms with van der Waals surface area (Å²) >= 11 is 1.48. The number of hydrogen-bond donors (Lipinski definition) is 3. The highest BCUT2D eigenvalue weighted by atomic mass is 32.1. The number of hydrogen-bond acceptors (Lipinski definition) is 5. The molecule has 0 saturated heterocycles. The summed E-state index contributed by atoms with van der Waals surface area (Å²) < 4.78 is 0. The van der Waals surface area contributed by atoms with Gasteiger partial charge in [-0.05, 0) is 19.0 Å². The van der Waals surface area contributed by atoms with Crippen LogP contribution in [0, 0.1) is 0 Å². The van der Waals surface area contributed by atoms with Gasteiger partial charge < -0.3 is 10.6 Å². The molecule has 0 spiro atoms. The number of likely N-dealkylation sites (N-methyl/N-ethyl adjacent to an activating group) is 1. The van der Waals surface area contributed by atoms with E-state index in [0.717, 1.165) is 25.1 Å². The normalized spacial score (nSPS) is 16.1. The van der Waals surface area contributed by atoms with Gasteiger partial charge in [-0.15, -0.1) is 11.3 Å². The Morgan fingerprint density at radius 1 is 1.60 bits per heavy atom. The standard InChI is InChI=1S/C9H14N4OS/c1-13-3-2-5-6(4-13)15-8(10)7(5)9(14)12-11/h2-4,10-11H2,1H3,(H,12,14). The maximum atomic E-state index is 11.5. The Balaban J connectivity index is 2.44. The van der Waals surface area contributed by atoms with Crippen molar-refractivity contribution in [1.82, 2.24) is 10.3 Å². The molecule has 0 aromatic carbocycles. The van der Waals surface area contributed by atoms with Crippen molar-refractivity contribution >= 4 is 22.2 Å². The fourth-order valence-corrected chi connectivity index (χ4v) is 3.07. The first-order valence-electron chi connectivity index (χ1n) is 4.73. The Kier molecular flexibility index (Phi) is 2.64. The van der Waals surface area contributed by atoms with E-state index in [-0.39, 0.29) is 5.91 Å². The number of nitrogens with two attached hydrogens (primary N) is 2. The number of carbonyl (C=O) groups is 1. The van der Waals surface area contributed by atoms with Crippen LogP contribution in [-0.2, 0) is 13.0 Å². The van der Waals surface area contributed by atoms with Crippen LogP contribution >= 0.6 is 11.3 Å². The zero-order valence-corrected chi connectivity index (χ0v) is 9.36. The summed E-state index contributed by atoms with van der Waals surface area (Å²) in [4.78, 5) is 14.9. The Hall–Kier alpha value is -1.11. The third kappa shape index (κ3) is 1.71. The van der Waals surface area contributed by atoms with Crippen molar-refractivity contribution < 1.29 is 4.79 Å². The highest BCUT2D eigenvalue weighted by Crippen LogP contribution is 2.34. The minimum absolute atomic E-state index is 0.283. The number of anilines is 1. The molecular weight excluding hydrogens is 212 g/mol. The summed E-state index contributed by atoms with van der Waals surface area (Å²) in [5.74, 6) is 4.85. The molecule has 1 aromatic rings. The molecule has 6 heteroatoms. The third-order valence-electron chi connectivity index (χ3n) is 2.63. The van der Waals surface area contributed by atoms with Crippen LogP contribution in [-0.4, -0.2) is 24.4 Å². The van der Waals surface area contributed by atoms with E-state index in [1.165, 1.54) is 16.2 Å². The summed E-state index contributed by atoms with van der Waals surface area (Å²) in [6.45, 7) is 1.82. The summed E-state index contributed by atoms with van der Waals surface area (Å²) in [5, 5.41) is 0.568. The van der Waals surface area contributed by atoms with E-state index in [4.69, 9.17) is 11.6 Å². The number of nitrogen functional groups attached to an aromatic ring is 2. The van der Waals surface area contributed by atoms with E-state index in [1.807, 2.05) is 0 Å². The number of hydrazine groups is 1. The quantitative estimate of drug-likeness (QED) is 0.355. The van der Waals surface area contributed by atoms with Crippen LogP contribution in [0.5, 0.6) is 0 Å². The molecule has 0 atom stereocenters. The molecule has 0 saturated carbocycles. The zero-order chi connectivity index (χ0) is 11.0. The van der Waals surface area contributed by atoms with Crippen molar-refractivity contribution in [1.29, 1.82) is 0 Å². The van der Waals surface area contributed by atoms with Crippen LogP contribution in [0.4, 0.5) is 5.00 Å². The Morgan fingerprint density at radius 2 is 2.33 bits per heavy atom. The third-order valence-corrected chi connectivity index (χ3v) is 3.68. The predicted octanol–water partition coefficient (Wildman–Crippen LogP) is -0.0783. The van der Waals surface area contributed by atoms with Crippen LogP contribution < -0.4 is 17.0 Å². The van der Waals surface area contributed by atoms with Gasteiger partial charge in [0.1, 0.15) is 0 Å². The molecule has 1 aromatic heterocycles. The number of carbonyl (C=O) groups excluding carboxylic acids is 1. The minimum atomic E-state index is -0.283. The van der Waals surface area contributed by atoms with Gasteiger partial charge in [-0.1, -0.05) is 0 Å². The van der Waals surface area contributed by atoms with Crippen molar-refractivity contribution in [3.05, 3.63) is 16.0 Å². The van der Waals surface area contributed by atoms with E-state index in [0.29, 0.717) is 10.6 Å². The molecule has 0 radical (unpaired) electrons. The smallest absolute Gasteiger partial charge is 0.268 e. The van der Waals surface area contributed by atoms with Crippen LogP contribution in [0.1, 0.15) is 20.8 Å². The van der Waals surface area contributed by atoms with Crippen LogP contribution in [0.2, 0.25) is 0 Å². The Bertz CT molecular complexity index is 401. The summed E-state index contributed by atoms with van der Waals surface area (Å²) in [6, 6.07) is 0. The van der Waals surface area contributed by atoms with Gasteiger partial charge in [0.25, 0.3) is 5.91 Å². The van der Waals surface area contributed by atoms with Gasteiger partial charge in [-0.2, -0.15) is 0 Å². The largest absolute Gasteiger partial charge is 0.390 e. The molecule has 15 heavy (non-hydrogen) atoms. The van der Waals surface area contributed by atoms with Crippen molar-refractivity contribution in [2.24, 2.45) is 5.84 Å². The number of fused-ring (bicyclic) bond motifs is 1. The molecule has 5 N–H and O–H groups in total. The molecule has 82 valence electrons. The van der Waals surface area contributed by atoms with E-state index in [2.05, 4.69) is 17.4 Å². The second kappa shape index (κ2) is 3.80. The lowest BCUT2D eigenvalue weighted by atomic mass is 10.0. The molecule has 2 heterocycles. The highest BCUT2D eigenvalue weighted by molar-refractivity contribution is 7.16. The van der Waals surface area contributed by atoms with Gasteiger partial charge in [0.15, 0.2) is 0 Å². The maximum absolute atomic E-state index is 11.5. The molecule has 5 nitrogen and oxygen atoms in total. The number of nitrogens with one attached hydrogen (secondary N) is 1. The monoisotopic (exact) mass is 226 g/mol. The first-order chi connectivity index (χ1) is 7.13. The number of rotatable bonds is 1. The number of nitrogens with zero attached hydrogens (tertiary/aromatic N) is 1. The molecule has 0 unspecified atom stereocenters. The fraction of sp³-hybridized carbons (Fsp3) is 0.444. The van der Waals surface area contributed by atoms with Crippen LogP contribution in [0.3, 0.4) is 0 Å². The first kappa shape index (κ1) is 10.4. The zero-order valence-electron chi connectivity index (χ0n) is 8.54. The molecular formula is C9H14N4OS. The van der Waals surface area contributed by atoms with Crippen molar-refractivity contribution in [2.45, 2.75) is 13.0 Å². The molecule has 1 aliphatic heterocycles. The Labute approximate surface area is 92.0 Å². The van der Waals surface area contributed by atoms with Crippen molar-refractivity contribution in [3.63, 3.8) is 0 Å². The molecule has 0 bridgehead atoms. The SMILES string of the molecule is CN1CCc2c(sc(N)c2C(=O)NN)C1. The topological polar surface area (TPSA) is 84.4 Å². The van der Waals surface area contributed by atoms with Crippen LogP contribution in [0.15, 0.2) is 0 Å². The summed E-state index contributed by atoms with van der Waals surface area (Å²) in [5.41, 5.74) is 9.61.